The first-order valence-corrected chi connectivity index (χ1v) is 16.2. The van der Waals surface area contributed by atoms with Gasteiger partial charge in [-0.2, -0.15) is 5.26 Å². The molecule has 3 heterocycles. The molecule has 0 radical (unpaired) electrons. The van der Waals surface area contributed by atoms with E-state index in [1.807, 2.05) is 5.41 Å². The highest BCUT2D eigenvalue weighted by molar-refractivity contribution is 8.03. The van der Waals surface area contributed by atoms with Crippen LogP contribution in [0.5, 0.6) is 0 Å². The van der Waals surface area contributed by atoms with Gasteiger partial charge in [-0.3, -0.25) is 19.3 Å². The minimum atomic E-state index is -0.978. The molecule has 1 N–H and O–H groups in total. The molecule has 1 aliphatic carbocycles. The zero-order valence-corrected chi connectivity index (χ0v) is 26.5. The van der Waals surface area contributed by atoms with Crippen LogP contribution < -0.4 is 5.32 Å². The highest BCUT2D eigenvalue weighted by Gasteiger charge is 2.52. The van der Waals surface area contributed by atoms with E-state index in [1.165, 1.54) is 29.7 Å². The topological polar surface area (TPSA) is 123 Å². The van der Waals surface area contributed by atoms with Crippen LogP contribution in [0.2, 0.25) is 0 Å². The molecule has 1 saturated carbocycles. The van der Waals surface area contributed by atoms with Gasteiger partial charge >= 0.3 is 6.09 Å². The lowest BCUT2D eigenvalue weighted by Gasteiger charge is -2.35. The molecule has 44 heavy (non-hydrogen) atoms. The van der Waals surface area contributed by atoms with Gasteiger partial charge in [-0.1, -0.05) is 12.1 Å². The number of rotatable bonds is 6. The molecule has 1 unspecified atom stereocenters. The summed E-state index contributed by atoms with van der Waals surface area (Å²) >= 11 is 1.42. The van der Waals surface area contributed by atoms with Gasteiger partial charge in [0, 0.05) is 45.6 Å². The Hall–Kier alpha value is -3.59. The molecule has 5 atom stereocenters. The highest BCUT2D eigenvalue weighted by Crippen LogP contribution is 2.43. The second-order valence-electron chi connectivity index (χ2n) is 13.1. The second-order valence-corrected chi connectivity index (χ2v) is 14.1. The number of hydrogen-bond donors (Lipinski definition) is 1. The molecule has 0 spiro atoms. The van der Waals surface area contributed by atoms with E-state index in [4.69, 9.17) is 4.74 Å². The number of piperazine rings is 1. The number of thioether (sulfide) groups is 1. The van der Waals surface area contributed by atoms with Crippen LogP contribution in [-0.2, 0) is 25.5 Å². The van der Waals surface area contributed by atoms with Gasteiger partial charge in [0.25, 0.3) is 0 Å². The molecule has 0 aromatic heterocycles. The zero-order valence-electron chi connectivity index (χ0n) is 25.7. The summed E-state index contributed by atoms with van der Waals surface area (Å²) in [6, 6.07) is 5.13. The lowest BCUT2D eigenvalue weighted by atomic mass is 9.96. The molecule has 3 fully saturated rings. The van der Waals surface area contributed by atoms with Gasteiger partial charge < -0.3 is 19.9 Å². The van der Waals surface area contributed by atoms with Gasteiger partial charge in [-0.25, -0.2) is 9.18 Å². The summed E-state index contributed by atoms with van der Waals surface area (Å²) in [5.74, 6) is -0.876. The molecule has 10 nitrogen and oxygen atoms in total. The fourth-order valence-electron chi connectivity index (χ4n) is 6.66. The van der Waals surface area contributed by atoms with Crippen LogP contribution in [0.3, 0.4) is 0 Å². The average molecular weight is 626 g/mol. The molecule has 1 aromatic rings. The predicted molar refractivity (Wildman–Crippen MR) is 163 cm³/mol. The van der Waals surface area contributed by atoms with Crippen LogP contribution in [0.15, 0.2) is 23.6 Å². The molecule has 2 saturated heterocycles. The minimum Gasteiger partial charge on any atom is -0.444 e. The number of carbonyl (C=O) groups excluding carboxylic acids is 4. The number of hydrogen-bond acceptors (Lipinski definition) is 7. The first-order valence-electron chi connectivity index (χ1n) is 15.2. The van der Waals surface area contributed by atoms with Gasteiger partial charge in [0.15, 0.2) is 0 Å². The first-order chi connectivity index (χ1) is 20.8. The smallest absolute Gasteiger partial charge is 0.411 e. The molecule has 3 aliphatic heterocycles. The van der Waals surface area contributed by atoms with Crippen molar-refractivity contribution in [3.05, 3.63) is 40.6 Å². The Morgan fingerprint density at radius 2 is 1.84 bits per heavy atom. The summed E-state index contributed by atoms with van der Waals surface area (Å²) in [4.78, 5) is 56.0. The normalized spacial score (nSPS) is 25.4. The number of nitriles is 1. The Morgan fingerprint density at radius 1 is 1.14 bits per heavy atom. The fourth-order valence-corrected chi connectivity index (χ4v) is 7.76. The van der Waals surface area contributed by atoms with Gasteiger partial charge in [0.05, 0.1) is 11.3 Å². The number of nitrogens with zero attached hydrogens (tertiary/aromatic N) is 4. The Balaban J connectivity index is 1.17. The van der Waals surface area contributed by atoms with E-state index in [9.17, 15) is 24.4 Å². The van der Waals surface area contributed by atoms with Gasteiger partial charge in [0.2, 0.25) is 17.7 Å². The predicted octanol–water partition coefficient (Wildman–Crippen LogP) is 3.70. The van der Waals surface area contributed by atoms with Crippen molar-refractivity contribution in [3.8, 4) is 6.07 Å². The third kappa shape index (κ3) is 6.88. The number of amides is 4. The van der Waals surface area contributed by atoms with E-state index in [0.717, 1.165) is 24.8 Å². The van der Waals surface area contributed by atoms with Crippen molar-refractivity contribution in [2.24, 2.45) is 5.92 Å². The molecule has 5 rings (SSSR count). The molecule has 4 aliphatic rings. The maximum absolute atomic E-state index is 15.3. The van der Waals surface area contributed by atoms with E-state index in [0.29, 0.717) is 43.7 Å². The number of ether oxygens (including phenoxy) is 1. The monoisotopic (exact) mass is 625 g/mol. The van der Waals surface area contributed by atoms with Crippen molar-refractivity contribution in [1.29, 1.82) is 5.26 Å². The van der Waals surface area contributed by atoms with Gasteiger partial charge in [0.1, 0.15) is 23.5 Å². The third-order valence-electron chi connectivity index (χ3n) is 8.87. The van der Waals surface area contributed by atoms with E-state index < -0.39 is 35.5 Å². The molecule has 2 bridgehead atoms. The van der Waals surface area contributed by atoms with Gasteiger partial charge in [-0.15, -0.1) is 11.8 Å². The molecular weight excluding hydrogens is 585 g/mol. The SMILES string of the molecule is CC(=O)N1CCN(C(=O)C2CC(c3ccc(C[C@@H](C#N)NC(=O)[C@@H]4[C@H]5CC[C@H](C5)N4C(=O)OC(C)(C)C)c(F)c3)=CS2)CC1. The fraction of sp³-hybridized carbons (Fsp3) is 0.594. The summed E-state index contributed by atoms with van der Waals surface area (Å²) in [7, 11) is 0. The second kappa shape index (κ2) is 12.8. The number of piperidine rings is 1. The third-order valence-corrected chi connectivity index (χ3v) is 9.99. The standard InChI is InChI=1S/C32H40FN5O5S/c1-19(39)36-9-11-37(12-10-36)30(41)27-16-23(18-44-27)20-5-6-21(26(33)15-20)13-24(17-34)35-29(40)28-22-7-8-25(14-22)38(28)31(42)43-32(2,3)4/h5-6,15,18,22,24-25,27-28H,7-14,16H2,1-4H3,(H,35,40)/t22-,24-,25+,27?,28-/m0/s1. The van der Waals surface area contributed by atoms with Crippen molar-refractivity contribution in [2.45, 2.75) is 88.8 Å². The summed E-state index contributed by atoms with van der Waals surface area (Å²) in [5.41, 5.74) is 1.13. The molecular formula is C32H40FN5O5S. The van der Waals surface area contributed by atoms with Crippen molar-refractivity contribution in [1.82, 2.24) is 20.0 Å². The Bertz CT molecular complexity index is 1400. The number of carbonyl (C=O) groups is 4. The summed E-state index contributed by atoms with van der Waals surface area (Å²) in [5, 5.41) is 14.2. The van der Waals surface area contributed by atoms with Gasteiger partial charge in [-0.05, 0) is 80.5 Å². The van der Waals surface area contributed by atoms with E-state index in [2.05, 4.69) is 11.4 Å². The zero-order chi connectivity index (χ0) is 31.8. The Morgan fingerprint density at radius 3 is 2.48 bits per heavy atom. The highest BCUT2D eigenvalue weighted by atomic mass is 32.2. The number of fused-ring (bicyclic) bond motifs is 2. The Labute approximate surface area is 261 Å². The average Bonchev–Trinajstić information content (AvgIpc) is 3.73. The summed E-state index contributed by atoms with van der Waals surface area (Å²) in [6.07, 6.45) is 2.29. The Kier molecular flexibility index (Phi) is 9.25. The molecule has 1 aromatic carbocycles. The maximum Gasteiger partial charge on any atom is 0.411 e. The lowest BCUT2D eigenvalue weighted by Crippen LogP contribution is -2.55. The van der Waals surface area contributed by atoms with E-state index in [-0.39, 0.29) is 35.4 Å². The number of likely N-dealkylation sites (tertiary alicyclic amines) is 1. The van der Waals surface area contributed by atoms with Crippen LogP contribution in [0.4, 0.5) is 9.18 Å². The first kappa shape index (κ1) is 31.8. The number of nitrogens with one attached hydrogen (secondary N) is 1. The van der Waals surface area contributed by atoms with Crippen molar-refractivity contribution >= 4 is 41.1 Å². The number of halogens is 1. The minimum absolute atomic E-state index is 0.00120. The molecule has 4 amide bonds. The van der Waals surface area contributed by atoms with E-state index in [1.54, 1.807) is 42.7 Å². The molecule has 236 valence electrons. The largest absolute Gasteiger partial charge is 0.444 e. The number of benzene rings is 1. The quantitative estimate of drug-likeness (QED) is 0.512. The molecule has 12 heteroatoms. The maximum atomic E-state index is 15.3. The van der Waals surface area contributed by atoms with Crippen LogP contribution >= 0.6 is 11.8 Å². The van der Waals surface area contributed by atoms with Crippen LogP contribution in [-0.4, -0.2) is 93.7 Å². The van der Waals surface area contributed by atoms with Crippen LogP contribution in [0.25, 0.3) is 5.57 Å². The van der Waals surface area contributed by atoms with Crippen molar-refractivity contribution < 1.29 is 28.3 Å². The lowest BCUT2D eigenvalue weighted by molar-refractivity contribution is -0.137. The van der Waals surface area contributed by atoms with Crippen LogP contribution in [0.1, 0.15) is 64.5 Å². The van der Waals surface area contributed by atoms with Crippen LogP contribution in [0, 0.1) is 23.1 Å². The number of allylic oxidation sites excluding steroid dienone is 1. The summed E-state index contributed by atoms with van der Waals surface area (Å²) in [6.45, 7) is 8.93. The van der Waals surface area contributed by atoms with Crippen molar-refractivity contribution in [2.75, 3.05) is 26.2 Å². The van der Waals surface area contributed by atoms with Crippen molar-refractivity contribution in [3.63, 3.8) is 0 Å². The van der Waals surface area contributed by atoms with E-state index >= 15 is 4.39 Å². The summed E-state index contributed by atoms with van der Waals surface area (Å²) < 4.78 is 20.9.